The molecule has 118 valence electrons. The molecule has 6 nitrogen and oxygen atoms in total. The van der Waals surface area contributed by atoms with Crippen LogP contribution < -0.4 is 11.1 Å². The summed E-state index contributed by atoms with van der Waals surface area (Å²) in [6, 6.07) is 11.3. The van der Waals surface area contributed by atoms with Crippen molar-refractivity contribution in [3.05, 3.63) is 48.2 Å². The Morgan fingerprint density at radius 1 is 1.22 bits per heavy atom. The minimum absolute atomic E-state index is 0.0838. The molecule has 0 spiro atoms. The number of nitrogen functional groups attached to an aromatic ring is 1. The number of hydrogen-bond donors (Lipinski definition) is 2. The van der Waals surface area contributed by atoms with E-state index >= 15 is 0 Å². The quantitative estimate of drug-likeness (QED) is 0.720. The summed E-state index contributed by atoms with van der Waals surface area (Å²) in [5.74, 6) is -0.0838. The molecule has 0 aliphatic rings. The molecule has 7 heteroatoms. The molecular weight excluding hydrogens is 310 g/mol. The van der Waals surface area contributed by atoms with Crippen molar-refractivity contribution in [2.45, 2.75) is 24.3 Å². The van der Waals surface area contributed by atoms with Crippen LogP contribution >= 0.6 is 11.8 Å². The number of amides is 1. The number of anilines is 2. The van der Waals surface area contributed by atoms with Gasteiger partial charge in [-0.2, -0.15) is 0 Å². The number of nitrogens with zero attached hydrogens (tertiary/aromatic N) is 3. The van der Waals surface area contributed by atoms with Gasteiger partial charge >= 0.3 is 0 Å². The van der Waals surface area contributed by atoms with E-state index < -0.39 is 0 Å². The maximum Gasteiger partial charge on any atom is 0.237 e. The summed E-state index contributed by atoms with van der Waals surface area (Å²) in [6.07, 6.45) is 1.75. The smallest absolute Gasteiger partial charge is 0.237 e. The van der Waals surface area contributed by atoms with E-state index in [9.17, 15) is 4.79 Å². The molecule has 1 amide bonds. The van der Waals surface area contributed by atoms with Gasteiger partial charge in [0.15, 0.2) is 10.8 Å². The van der Waals surface area contributed by atoms with Gasteiger partial charge in [0.2, 0.25) is 5.91 Å². The number of benzene rings is 1. The Labute approximate surface area is 138 Å². The lowest BCUT2D eigenvalue weighted by Crippen LogP contribution is -2.22. The Morgan fingerprint density at radius 2 is 1.96 bits per heavy atom. The van der Waals surface area contributed by atoms with Crippen molar-refractivity contribution in [1.82, 2.24) is 14.6 Å². The second-order valence-corrected chi connectivity index (χ2v) is 6.60. The first kappa shape index (κ1) is 15.4. The third kappa shape index (κ3) is 3.45. The highest BCUT2D eigenvalue weighted by atomic mass is 32.2. The largest absolute Gasteiger partial charge is 0.398 e. The zero-order valence-electron chi connectivity index (χ0n) is 12.9. The molecule has 1 atom stereocenters. The standard InChI is InChI=1S/C16H17N5OS/c1-10-3-6-13(7-4-10)18-15(22)11(2)23-16-20-19-14-8-5-12(17)9-21(14)16/h3-9,11H,17H2,1-2H3,(H,18,22). The van der Waals surface area contributed by atoms with E-state index in [1.165, 1.54) is 11.8 Å². The number of thioether (sulfide) groups is 1. The SMILES string of the molecule is Cc1ccc(NC(=O)C(C)Sc2nnc3ccc(N)cn23)cc1. The Hall–Kier alpha value is -2.54. The van der Waals surface area contributed by atoms with Crippen LogP contribution in [0.4, 0.5) is 11.4 Å². The van der Waals surface area contributed by atoms with Crippen LogP contribution in [0.1, 0.15) is 12.5 Å². The van der Waals surface area contributed by atoms with Crippen LogP contribution in [0.3, 0.4) is 0 Å². The molecule has 3 N–H and O–H groups in total. The highest BCUT2D eigenvalue weighted by Crippen LogP contribution is 2.24. The van der Waals surface area contributed by atoms with E-state index in [1.807, 2.05) is 38.1 Å². The highest BCUT2D eigenvalue weighted by Gasteiger charge is 2.18. The predicted molar refractivity (Wildman–Crippen MR) is 92.5 cm³/mol. The number of carbonyl (C=O) groups is 1. The molecule has 2 heterocycles. The number of aryl methyl sites for hydroxylation is 1. The molecule has 0 saturated carbocycles. The van der Waals surface area contributed by atoms with Gasteiger partial charge in [-0.3, -0.25) is 9.20 Å². The van der Waals surface area contributed by atoms with Crippen LogP contribution in [0.2, 0.25) is 0 Å². The van der Waals surface area contributed by atoms with Gasteiger partial charge in [0.05, 0.1) is 5.25 Å². The summed E-state index contributed by atoms with van der Waals surface area (Å²) in [7, 11) is 0. The fourth-order valence-electron chi connectivity index (χ4n) is 2.06. The van der Waals surface area contributed by atoms with Crippen molar-refractivity contribution < 1.29 is 4.79 Å². The van der Waals surface area contributed by atoms with Gasteiger partial charge in [-0.1, -0.05) is 29.5 Å². The van der Waals surface area contributed by atoms with E-state index in [0.29, 0.717) is 16.5 Å². The first-order chi connectivity index (χ1) is 11.0. The number of nitrogens with one attached hydrogen (secondary N) is 1. The summed E-state index contributed by atoms with van der Waals surface area (Å²) in [5, 5.41) is 11.4. The zero-order chi connectivity index (χ0) is 16.4. The second-order valence-electron chi connectivity index (χ2n) is 5.29. The lowest BCUT2D eigenvalue weighted by atomic mass is 10.2. The Kier molecular flexibility index (Phi) is 4.20. The summed E-state index contributed by atoms with van der Waals surface area (Å²) >= 11 is 1.34. The third-order valence-electron chi connectivity index (χ3n) is 3.36. The van der Waals surface area contributed by atoms with Crippen LogP contribution in [0.15, 0.2) is 47.8 Å². The van der Waals surface area contributed by atoms with E-state index in [0.717, 1.165) is 11.3 Å². The van der Waals surface area contributed by atoms with Gasteiger partial charge in [0, 0.05) is 17.6 Å². The minimum Gasteiger partial charge on any atom is -0.398 e. The maximum absolute atomic E-state index is 12.3. The Balaban J connectivity index is 1.72. The molecule has 1 aromatic carbocycles. The first-order valence-corrected chi connectivity index (χ1v) is 8.05. The average Bonchev–Trinajstić information content (AvgIpc) is 2.91. The number of fused-ring (bicyclic) bond motifs is 1. The molecule has 23 heavy (non-hydrogen) atoms. The monoisotopic (exact) mass is 327 g/mol. The van der Waals surface area contributed by atoms with Crippen molar-refractivity contribution in [1.29, 1.82) is 0 Å². The van der Waals surface area contributed by atoms with Crippen LogP contribution in [-0.2, 0) is 4.79 Å². The lowest BCUT2D eigenvalue weighted by molar-refractivity contribution is -0.115. The van der Waals surface area contributed by atoms with Crippen LogP contribution in [0.5, 0.6) is 0 Å². The van der Waals surface area contributed by atoms with Crippen LogP contribution in [0, 0.1) is 6.92 Å². The van der Waals surface area contributed by atoms with E-state index in [4.69, 9.17) is 5.73 Å². The number of rotatable bonds is 4. The number of carbonyl (C=O) groups excluding carboxylic acids is 1. The Bertz CT molecular complexity index is 843. The predicted octanol–water partition coefficient (Wildman–Crippen LogP) is 2.74. The number of nitrogens with two attached hydrogens (primary N) is 1. The topological polar surface area (TPSA) is 85.3 Å². The molecular formula is C16H17N5OS. The van der Waals surface area contributed by atoms with Crippen molar-refractivity contribution in [2.24, 2.45) is 0 Å². The van der Waals surface area contributed by atoms with E-state index in [1.54, 1.807) is 22.7 Å². The molecule has 0 aliphatic carbocycles. The fourth-order valence-corrected chi connectivity index (χ4v) is 2.89. The molecule has 3 rings (SSSR count). The summed E-state index contributed by atoms with van der Waals surface area (Å²) in [4.78, 5) is 12.3. The summed E-state index contributed by atoms with van der Waals surface area (Å²) in [6.45, 7) is 3.84. The van der Waals surface area contributed by atoms with Gasteiger partial charge < -0.3 is 11.1 Å². The van der Waals surface area contributed by atoms with E-state index in [2.05, 4.69) is 15.5 Å². The Morgan fingerprint density at radius 3 is 2.70 bits per heavy atom. The number of pyridine rings is 1. The maximum atomic E-state index is 12.3. The molecule has 0 bridgehead atoms. The molecule has 2 aromatic heterocycles. The normalized spacial score (nSPS) is 12.3. The van der Waals surface area contributed by atoms with Gasteiger partial charge in [-0.05, 0) is 38.1 Å². The highest BCUT2D eigenvalue weighted by molar-refractivity contribution is 8.00. The molecule has 0 saturated heterocycles. The van der Waals surface area contributed by atoms with Crippen LogP contribution in [-0.4, -0.2) is 25.8 Å². The van der Waals surface area contributed by atoms with Gasteiger partial charge in [0.25, 0.3) is 0 Å². The fraction of sp³-hybridized carbons (Fsp3) is 0.188. The molecule has 3 aromatic rings. The van der Waals surface area contributed by atoms with Crippen molar-refractivity contribution in [3.8, 4) is 0 Å². The first-order valence-electron chi connectivity index (χ1n) is 7.17. The van der Waals surface area contributed by atoms with Crippen molar-refractivity contribution >= 4 is 34.7 Å². The van der Waals surface area contributed by atoms with Crippen LogP contribution in [0.25, 0.3) is 5.65 Å². The van der Waals surface area contributed by atoms with Gasteiger partial charge in [-0.25, -0.2) is 0 Å². The van der Waals surface area contributed by atoms with Crippen molar-refractivity contribution in [2.75, 3.05) is 11.1 Å². The lowest BCUT2D eigenvalue weighted by Gasteiger charge is -2.11. The molecule has 0 fully saturated rings. The average molecular weight is 327 g/mol. The number of hydrogen-bond acceptors (Lipinski definition) is 5. The zero-order valence-corrected chi connectivity index (χ0v) is 13.7. The molecule has 0 aliphatic heterocycles. The summed E-state index contributed by atoms with van der Waals surface area (Å²) in [5.41, 5.74) is 9.05. The summed E-state index contributed by atoms with van der Waals surface area (Å²) < 4.78 is 1.79. The number of aromatic nitrogens is 3. The molecule has 1 unspecified atom stereocenters. The molecule has 0 radical (unpaired) electrons. The third-order valence-corrected chi connectivity index (χ3v) is 4.42. The second kappa shape index (κ2) is 6.29. The van der Waals surface area contributed by atoms with Gasteiger partial charge in [0.1, 0.15) is 0 Å². The van der Waals surface area contributed by atoms with E-state index in [-0.39, 0.29) is 11.2 Å². The minimum atomic E-state index is -0.315. The van der Waals surface area contributed by atoms with Gasteiger partial charge in [-0.15, -0.1) is 10.2 Å². The van der Waals surface area contributed by atoms with Crippen molar-refractivity contribution in [3.63, 3.8) is 0 Å².